The van der Waals surface area contributed by atoms with Gasteiger partial charge in [0.2, 0.25) is 11.8 Å². The van der Waals surface area contributed by atoms with Crippen LogP contribution in [0, 0.1) is 0 Å². The molecule has 1 aromatic heterocycles. The van der Waals surface area contributed by atoms with E-state index in [9.17, 15) is 4.79 Å². The predicted octanol–water partition coefficient (Wildman–Crippen LogP) is -0.0580. The van der Waals surface area contributed by atoms with E-state index in [1.165, 1.54) is 0 Å². The minimum atomic E-state index is -0.412. The van der Waals surface area contributed by atoms with Crippen molar-refractivity contribution in [1.82, 2.24) is 15.5 Å². The highest BCUT2D eigenvalue weighted by Gasteiger charge is 2.20. The molecule has 0 bridgehead atoms. The monoisotopic (exact) mass is 212 g/mol. The average Bonchev–Trinajstić information content (AvgIpc) is 2.51. The predicted molar refractivity (Wildman–Crippen MR) is 53.9 cm³/mol. The summed E-state index contributed by atoms with van der Waals surface area (Å²) in [5.74, 6) is 0.699. The highest BCUT2D eigenvalue weighted by Crippen LogP contribution is 2.18. The van der Waals surface area contributed by atoms with Crippen LogP contribution in [-0.2, 0) is 16.8 Å². The molecule has 0 atom stereocenters. The summed E-state index contributed by atoms with van der Waals surface area (Å²) in [5, 5.41) is 6.64. The molecule has 0 aliphatic heterocycles. The first-order valence-electron chi connectivity index (χ1n) is 4.71. The van der Waals surface area contributed by atoms with Gasteiger partial charge in [0.15, 0.2) is 5.82 Å². The molecule has 1 heterocycles. The molecule has 0 aliphatic rings. The van der Waals surface area contributed by atoms with Gasteiger partial charge in [-0.15, -0.1) is 0 Å². The van der Waals surface area contributed by atoms with Crippen LogP contribution in [0.5, 0.6) is 0 Å². The number of hydrogen-bond acceptors (Lipinski definition) is 5. The van der Waals surface area contributed by atoms with Crippen LogP contribution in [0.3, 0.4) is 0 Å². The minimum absolute atomic E-state index is 0.104. The van der Waals surface area contributed by atoms with Crippen molar-refractivity contribution in [1.29, 1.82) is 0 Å². The van der Waals surface area contributed by atoms with Gasteiger partial charge in [0.05, 0.1) is 13.1 Å². The molecule has 0 fully saturated rings. The van der Waals surface area contributed by atoms with Crippen LogP contribution in [-0.4, -0.2) is 22.6 Å². The van der Waals surface area contributed by atoms with Gasteiger partial charge in [-0.1, -0.05) is 25.9 Å². The first kappa shape index (κ1) is 11.6. The molecule has 1 rings (SSSR count). The zero-order valence-corrected chi connectivity index (χ0v) is 9.20. The third kappa shape index (κ3) is 3.67. The van der Waals surface area contributed by atoms with E-state index in [-0.39, 0.29) is 12.0 Å². The molecule has 6 heteroatoms. The van der Waals surface area contributed by atoms with Gasteiger partial charge in [0.1, 0.15) is 0 Å². The SMILES string of the molecule is CC(C)(C)c1noc(CNCC(N)=O)n1. The van der Waals surface area contributed by atoms with Crippen molar-refractivity contribution in [2.45, 2.75) is 32.7 Å². The van der Waals surface area contributed by atoms with E-state index in [0.29, 0.717) is 18.3 Å². The van der Waals surface area contributed by atoms with Gasteiger partial charge in [0.25, 0.3) is 0 Å². The largest absolute Gasteiger partial charge is 0.369 e. The fourth-order valence-electron chi connectivity index (χ4n) is 0.924. The molecule has 84 valence electrons. The van der Waals surface area contributed by atoms with Crippen molar-refractivity contribution in [2.24, 2.45) is 5.73 Å². The molecule has 1 amide bonds. The Bertz CT molecular complexity index is 340. The van der Waals surface area contributed by atoms with Crippen LogP contribution in [0.25, 0.3) is 0 Å². The van der Waals surface area contributed by atoms with Gasteiger partial charge in [-0.25, -0.2) is 0 Å². The summed E-state index contributed by atoms with van der Waals surface area (Å²) < 4.78 is 5.00. The van der Waals surface area contributed by atoms with E-state index in [2.05, 4.69) is 15.5 Å². The van der Waals surface area contributed by atoms with Crippen LogP contribution in [0.2, 0.25) is 0 Å². The van der Waals surface area contributed by atoms with Gasteiger partial charge < -0.3 is 10.3 Å². The van der Waals surface area contributed by atoms with E-state index in [1.54, 1.807) is 0 Å². The number of carbonyl (C=O) groups is 1. The number of hydrogen-bond donors (Lipinski definition) is 2. The average molecular weight is 212 g/mol. The lowest BCUT2D eigenvalue weighted by Crippen LogP contribution is -2.28. The lowest BCUT2D eigenvalue weighted by molar-refractivity contribution is -0.117. The number of amides is 1. The van der Waals surface area contributed by atoms with Gasteiger partial charge >= 0.3 is 0 Å². The molecule has 0 spiro atoms. The maximum Gasteiger partial charge on any atom is 0.240 e. The number of nitrogens with one attached hydrogen (secondary N) is 1. The van der Waals surface area contributed by atoms with Crippen molar-refractivity contribution in [2.75, 3.05) is 6.54 Å². The second-order valence-electron chi connectivity index (χ2n) is 4.33. The van der Waals surface area contributed by atoms with E-state index in [1.807, 2.05) is 20.8 Å². The number of carbonyl (C=O) groups excluding carboxylic acids is 1. The van der Waals surface area contributed by atoms with Gasteiger partial charge in [-0.3, -0.25) is 10.1 Å². The number of nitrogens with two attached hydrogens (primary N) is 1. The molecule has 15 heavy (non-hydrogen) atoms. The summed E-state index contributed by atoms with van der Waals surface area (Å²) in [4.78, 5) is 14.6. The zero-order chi connectivity index (χ0) is 11.5. The molecule has 0 unspecified atom stereocenters. The highest BCUT2D eigenvalue weighted by atomic mass is 16.5. The maximum absolute atomic E-state index is 10.4. The van der Waals surface area contributed by atoms with E-state index >= 15 is 0 Å². The third-order valence-corrected chi connectivity index (χ3v) is 1.71. The molecular formula is C9H16N4O2. The maximum atomic E-state index is 10.4. The number of rotatable bonds is 4. The molecule has 3 N–H and O–H groups in total. The fraction of sp³-hybridized carbons (Fsp3) is 0.667. The third-order valence-electron chi connectivity index (χ3n) is 1.71. The van der Waals surface area contributed by atoms with Crippen LogP contribution >= 0.6 is 0 Å². The lowest BCUT2D eigenvalue weighted by atomic mass is 9.96. The fourth-order valence-corrected chi connectivity index (χ4v) is 0.924. The normalized spacial score (nSPS) is 11.7. The number of aromatic nitrogens is 2. The number of primary amides is 1. The summed E-state index contributed by atoms with van der Waals surface area (Å²) in [6, 6.07) is 0. The molecule has 0 saturated carbocycles. The molecule has 1 aromatic rings. The molecule has 0 aliphatic carbocycles. The summed E-state index contributed by atoms with van der Waals surface area (Å²) in [6.07, 6.45) is 0. The van der Waals surface area contributed by atoms with Crippen LogP contribution in [0.4, 0.5) is 0 Å². The van der Waals surface area contributed by atoms with E-state index in [4.69, 9.17) is 10.3 Å². The second-order valence-corrected chi connectivity index (χ2v) is 4.33. The number of nitrogens with zero attached hydrogens (tertiary/aromatic N) is 2. The Balaban J connectivity index is 2.50. The van der Waals surface area contributed by atoms with E-state index in [0.717, 1.165) is 0 Å². The van der Waals surface area contributed by atoms with Gasteiger partial charge in [-0.05, 0) is 0 Å². The Morgan fingerprint density at radius 3 is 2.67 bits per heavy atom. The second kappa shape index (κ2) is 4.39. The Morgan fingerprint density at radius 2 is 2.20 bits per heavy atom. The van der Waals surface area contributed by atoms with Crippen molar-refractivity contribution < 1.29 is 9.32 Å². The van der Waals surface area contributed by atoms with Crippen LogP contribution in [0.1, 0.15) is 32.5 Å². The molecule has 0 radical (unpaired) electrons. The molecular weight excluding hydrogens is 196 g/mol. The van der Waals surface area contributed by atoms with Crippen LogP contribution in [0.15, 0.2) is 4.52 Å². The summed E-state index contributed by atoms with van der Waals surface area (Å²) in [6.45, 7) is 6.45. The molecule has 0 aromatic carbocycles. The van der Waals surface area contributed by atoms with Gasteiger partial charge in [-0.2, -0.15) is 4.98 Å². The summed E-state index contributed by atoms with van der Waals surface area (Å²) in [7, 11) is 0. The van der Waals surface area contributed by atoms with Crippen molar-refractivity contribution >= 4 is 5.91 Å². The smallest absolute Gasteiger partial charge is 0.240 e. The lowest BCUT2D eigenvalue weighted by Gasteiger charge is -2.10. The van der Waals surface area contributed by atoms with Crippen molar-refractivity contribution in [3.8, 4) is 0 Å². The highest BCUT2D eigenvalue weighted by molar-refractivity contribution is 5.75. The van der Waals surface area contributed by atoms with E-state index < -0.39 is 5.91 Å². The summed E-state index contributed by atoms with van der Waals surface area (Å²) in [5.41, 5.74) is 4.83. The van der Waals surface area contributed by atoms with Crippen LogP contribution < -0.4 is 11.1 Å². The van der Waals surface area contributed by atoms with Gasteiger partial charge in [0, 0.05) is 5.41 Å². The van der Waals surface area contributed by atoms with Crippen molar-refractivity contribution in [3.63, 3.8) is 0 Å². The Hall–Kier alpha value is -1.43. The first-order valence-corrected chi connectivity index (χ1v) is 4.71. The standard InChI is InChI=1S/C9H16N4O2/c1-9(2,3)8-12-7(15-13-8)5-11-4-6(10)14/h11H,4-5H2,1-3H3,(H2,10,14). The zero-order valence-electron chi connectivity index (χ0n) is 9.20. The van der Waals surface area contributed by atoms with Crippen molar-refractivity contribution in [3.05, 3.63) is 11.7 Å². The Kier molecular flexibility index (Phi) is 3.41. The summed E-state index contributed by atoms with van der Waals surface area (Å²) >= 11 is 0. The first-order chi connectivity index (χ1) is 6.89. The Labute approximate surface area is 88.2 Å². The minimum Gasteiger partial charge on any atom is -0.369 e. The Morgan fingerprint density at radius 1 is 1.53 bits per heavy atom. The molecule has 6 nitrogen and oxygen atoms in total. The quantitative estimate of drug-likeness (QED) is 0.729. The topological polar surface area (TPSA) is 94.0 Å². The molecule has 0 saturated heterocycles.